The van der Waals surface area contributed by atoms with Crippen molar-refractivity contribution in [1.82, 2.24) is 10.2 Å². The summed E-state index contributed by atoms with van der Waals surface area (Å²) >= 11 is 0. The number of rotatable bonds is 7. The minimum Gasteiger partial charge on any atom is -0.494 e. The number of likely N-dealkylation sites (tertiary alicyclic amines) is 1. The molecule has 2 N–H and O–H groups in total. The smallest absolute Gasteiger partial charge is 0.330 e. The molecule has 0 spiro atoms. The third-order valence-corrected chi connectivity index (χ3v) is 4.65. The summed E-state index contributed by atoms with van der Waals surface area (Å²) in [7, 11) is 1.31. The average molecular weight is 380 g/mol. The molecule has 8 heteroatoms. The maximum atomic E-state index is 13.9. The van der Waals surface area contributed by atoms with Gasteiger partial charge in [-0.3, -0.25) is 9.59 Å². The Bertz CT molecular complexity index is 709. The fourth-order valence-corrected chi connectivity index (χ4v) is 3.20. The van der Waals surface area contributed by atoms with E-state index in [9.17, 15) is 23.9 Å². The van der Waals surface area contributed by atoms with Crippen LogP contribution in [0.5, 0.6) is 5.75 Å². The van der Waals surface area contributed by atoms with Gasteiger partial charge in [0.15, 0.2) is 17.6 Å². The molecular weight excluding hydrogens is 355 g/mol. The Balaban J connectivity index is 2.09. The third kappa shape index (κ3) is 5.18. The second kappa shape index (κ2) is 9.34. The average Bonchev–Trinajstić information content (AvgIpc) is 2.66. The zero-order valence-electron chi connectivity index (χ0n) is 15.5. The number of carboxylic acids is 1. The van der Waals surface area contributed by atoms with Crippen molar-refractivity contribution in [3.63, 3.8) is 0 Å². The van der Waals surface area contributed by atoms with Crippen molar-refractivity contribution in [1.29, 1.82) is 0 Å². The molecule has 1 aliphatic heterocycles. The molecule has 1 aromatic rings. The second-order valence-electron chi connectivity index (χ2n) is 6.60. The number of methoxy groups -OCH3 is 1. The lowest BCUT2D eigenvalue weighted by Crippen LogP contribution is -2.47. The predicted molar refractivity (Wildman–Crippen MR) is 95.7 cm³/mol. The lowest BCUT2D eigenvalue weighted by Gasteiger charge is -2.32. The van der Waals surface area contributed by atoms with Crippen LogP contribution in [0.25, 0.3) is 0 Å². The topological polar surface area (TPSA) is 95.9 Å². The Morgan fingerprint density at radius 3 is 2.74 bits per heavy atom. The van der Waals surface area contributed by atoms with Gasteiger partial charge in [0, 0.05) is 19.5 Å². The molecule has 2 unspecified atom stereocenters. The minimum atomic E-state index is -1.38. The van der Waals surface area contributed by atoms with Crippen molar-refractivity contribution >= 4 is 17.8 Å². The highest BCUT2D eigenvalue weighted by Crippen LogP contribution is 2.24. The number of carbonyl (C=O) groups is 3. The summed E-state index contributed by atoms with van der Waals surface area (Å²) in [5, 5.41) is 11.9. The third-order valence-electron chi connectivity index (χ3n) is 4.65. The first-order chi connectivity index (χ1) is 12.9. The zero-order chi connectivity index (χ0) is 20.0. The highest BCUT2D eigenvalue weighted by atomic mass is 19.1. The lowest BCUT2D eigenvalue weighted by molar-refractivity contribution is -0.144. The largest absolute Gasteiger partial charge is 0.494 e. The Kier molecular flexibility index (Phi) is 7.15. The van der Waals surface area contributed by atoms with Crippen molar-refractivity contribution < 1.29 is 28.6 Å². The van der Waals surface area contributed by atoms with Crippen LogP contribution in [-0.4, -0.2) is 48.0 Å². The van der Waals surface area contributed by atoms with E-state index in [0.717, 1.165) is 12.5 Å². The SMILES string of the molecule is CCCC(=O)N1CCCC(C(=O)NC(C(=O)O)c2ccc(OC)c(F)c2)C1. The number of nitrogens with zero attached hydrogens (tertiary/aromatic N) is 1. The number of carboxylic acid groups (broad SMARTS) is 1. The second-order valence-corrected chi connectivity index (χ2v) is 6.60. The lowest BCUT2D eigenvalue weighted by atomic mass is 9.95. The molecule has 0 aromatic heterocycles. The molecule has 1 saturated heterocycles. The van der Waals surface area contributed by atoms with Crippen LogP contribution in [0.4, 0.5) is 4.39 Å². The van der Waals surface area contributed by atoms with Crippen LogP contribution >= 0.6 is 0 Å². The van der Waals surface area contributed by atoms with E-state index in [1.54, 1.807) is 4.90 Å². The highest BCUT2D eigenvalue weighted by molar-refractivity contribution is 5.86. The molecule has 27 heavy (non-hydrogen) atoms. The fraction of sp³-hybridized carbons (Fsp3) is 0.526. The van der Waals surface area contributed by atoms with Gasteiger partial charge in [-0.25, -0.2) is 9.18 Å². The predicted octanol–water partition coefficient (Wildman–Crippen LogP) is 2.11. The number of nitrogens with one attached hydrogen (secondary N) is 1. The zero-order valence-corrected chi connectivity index (χ0v) is 15.5. The molecule has 2 amide bonds. The molecule has 1 fully saturated rings. The number of hydrogen-bond acceptors (Lipinski definition) is 4. The van der Waals surface area contributed by atoms with Gasteiger partial charge in [-0.05, 0) is 37.0 Å². The number of carbonyl (C=O) groups excluding carboxylic acids is 2. The van der Waals surface area contributed by atoms with E-state index >= 15 is 0 Å². The van der Waals surface area contributed by atoms with Gasteiger partial charge in [0.25, 0.3) is 0 Å². The summed E-state index contributed by atoms with van der Waals surface area (Å²) in [6.07, 6.45) is 2.42. The molecule has 0 saturated carbocycles. The summed E-state index contributed by atoms with van der Waals surface area (Å²) in [5.41, 5.74) is 0.115. The first-order valence-corrected chi connectivity index (χ1v) is 9.01. The number of ether oxygens (including phenoxy) is 1. The van der Waals surface area contributed by atoms with Crippen molar-refractivity contribution in [2.45, 2.75) is 38.6 Å². The van der Waals surface area contributed by atoms with Crippen LogP contribution in [0, 0.1) is 11.7 Å². The van der Waals surface area contributed by atoms with Gasteiger partial charge in [0.05, 0.1) is 13.0 Å². The first kappa shape index (κ1) is 20.7. The van der Waals surface area contributed by atoms with Gasteiger partial charge < -0.3 is 20.1 Å². The monoisotopic (exact) mass is 380 g/mol. The van der Waals surface area contributed by atoms with Crippen LogP contribution in [0.3, 0.4) is 0 Å². The normalized spacial score (nSPS) is 17.9. The van der Waals surface area contributed by atoms with E-state index in [4.69, 9.17) is 4.74 Å². The van der Waals surface area contributed by atoms with Crippen molar-refractivity contribution in [2.24, 2.45) is 5.92 Å². The van der Waals surface area contributed by atoms with Gasteiger partial charge in [0.1, 0.15) is 0 Å². The first-order valence-electron chi connectivity index (χ1n) is 9.01. The van der Waals surface area contributed by atoms with Crippen molar-refractivity contribution in [3.8, 4) is 5.75 Å². The molecule has 1 aromatic carbocycles. The standard InChI is InChI=1S/C19H25FN2O5/c1-3-5-16(23)22-9-4-6-13(11-22)18(24)21-17(19(25)26)12-7-8-15(27-2)14(20)10-12/h7-8,10,13,17H,3-6,9,11H2,1-2H3,(H,21,24)(H,25,26). The van der Waals surface area contributed by atoms with Crippen molar-refractivity contribution in [2.75, 3.05) is 20.2 Å². The highest BCUT2D eigenvalue weighted by Gasteiger charge is 2.31. The van der Waals surface area contributed by atoms with E-state index in [1.165, 1.54) is 19.2 Å². The van der Waals surface area contributed by atoms with Gasteiger partial charge in [-0.1, -0.05) is 13.0 Å². The molecule has 148 valence electrons. The van der Waals surface area contributed by atoms with Gasteiger partial charge >= 0.3 is 5.97 Å². The van der Waals surface area contributed by atoms with Crippen LogP contribution in [-0.2, 0) is 14.4 Å². The summed E-state index contributed by atoms with van der Waals surface area (Å²) in [6, 6.07) is 2.38. The van der Waals surface area contributed by atoms with Crippen molar-refractivity contribution in [3.05, 3.63) is 29.6 Å². The molecule has 7 nitrogen and oxygen atoms in total. The molecule has 1 aliphatic rings. The molecule has 0 bridgehead atoms. The van der Waals surface area contributed by atoms with Crippen LogP contribution in [0.1, 0.15) is 44.2 Å². The molecule has 2 rings (SSSR count). The quantitative estimate of drug-likeness (QED) is 0.755. The molecule has 2 atom stereocenters. The number of halogens is 1. The van der Waals surface area contributed by atoms with Gasteiger partial charge in [0.2, 0.25) is 11.8 Å². The fourth-order valence-electron chi connectivity index (χ4n) is 3.20. The number of amides is 2. The Hall–Kier alpha value is -2.64. The van der Waals surface area contributed by atoms with Gasteiger partial charge in [-0.15, -0.1) is 0 Å². The van der Waals surface area contributed by atoms with Gasteiger partial charge in [-0.2, -0.15) is 0 Å². The number of piperidine rings is 1. The minimum absolute atomic E-state index is 0.00186. The Morgan fingerprint density at radius 2 is 2.15 bits per heavy atom. The molecular formula is C19H25FN2O5. The van der Waals surface area contributed by atoms with E-state index < -0.39 is 29.7 Å². The Labute approximate surface area is 157 Å². The molecule has 0 aliphatic carbocycles. The van der Waals surface area contributed by atoms with E-state index in [-0.39, 0.29) is 23.8 Å². The van der Waals surface area contributed by atoms with E-state index in [2.05, 4.69) is 5.32 Å². The summed E-state index contributed by atoms with van der Waals surface area (Å²) < 4.78 is 18.7. The summed E-state index contributed by atoms with van der Waals surface area (Å²) in [5.74, 6) is -2.93. The number of benzene rings is 1. The number of hydrogen-bond donors (Lipinski definition) is 2. The summed E-state index contributed by atoms with van der Waals surface area (Å²) in [6.45, 7) is 2.79. The number of aliphatic carboxylic acids is 1. The molecule has 1 heterocycles. The maximum absolute atomic E-state index is 13.9. The van der Waals surface area contributed by atoms with Crippen LogP contribution in [0.15, 0.2) is 18.2 Å². The summed E-state index contributed by atoms with van der Waals surface area (Å²) in [4.78, 5) is 37.9. The van der Waals surface area contributed by atoms with Crippen LogP contribution in [0.2, 0.25) is 0 Å². The van der Waals surface area contributed by atoms with Crippen LogP contribution < -0.4 is 10.1 Å². The molecule has 0 radical (unpaired) electrons. The van der Waals surface area contributed by atoms with E-state index in [0.29, 0.717) is 25.8 Å². The maximum Gasteiger partial charge on any atom is 0.330 e. The Morgan fingerprint density at radius 1 is 1.41 bits per heavy atom. The van der Waals surface area contributed by atoms with E-state index in [1.807, 2.05) is 6.92 Å².